The third-order valence-electron chi connectivity index (χ3n) is 3.87. The van der Waals surface area contributed by atoms with E-state index in [0.29, 0.717) is 16.9 Å². The molecule has 1 saturated heterocycles. The standard InChI is InChI=1S/C14H22F3N5S/c1-18-13(19-7-10-3-5-22(2)6-4-10)20-8-12-21-11(9-23-12)14(15,16)17/h9-10H,3-8H2,1-2H3,(H2,18,19,20). The van der Waals surface area contributed by atoms with Gasteiger partial charge in [-0.1, -0.05) is 0 Å². The van der Waals surface area contributed by atoms with Gasteiger partial charge in [0.15, 0.2) is 11.7 Å². The van der Waals surface area contributed by atoms with Crippen molar-refractivity contribution in [2.75, 3.05) is 33.7 Å². The summed E-state index contributed by atoms with van der Waals surface area (Å²) in [4.78, 5) is 10.00. The number of guanidine groups is 1. The smallest absolute Gasteiger partial charge is 0.356 e. The lowest BCUT2D eigenvalue weighted by atomic mass is 9.97. The summed E-state index contributed by atoms with van der Waals surface area (Å²) in [7, 11) is 3.76. The number of aliphatic imine (C=N–C) groups is 1. The van der Waals surface area contributed by atoms with Gasteiger partial charge in [-0.2, -0.15) is 13.2 Å². The largest absolute Gasteiger partial charge is 0.434 e. The van der Waals surface area contributed by atoms with Crippen LogP contribution in [0.3, 0.4) is 0 Å². The Morgan fingerprint density at radius 3 is 2.65 bits per heavy atom. The minimum Gasteiger partial charge on any atom is -0.356 e. The lowest BCUT2D eigenvalue weighted by Gasteiger charge is -2.29. The van der Waals surface area contributed by atoms with Crippen LogP contribution in [0, 0.1) is 5.92 Å². The van der Waals surface area contributed by atoms with E-state index in [1.807, 2.05) is 0 Å². The molecule has 0 bridgehead atoms. The molecule has 1 fully saturated rings. The summed E-state index contributed by atoms with van der Waals surface area (Å²) in [6.45, 7) is 3.24. The van der Waals surface area contributed by atoms with Gasteiger partial charge in [-0.25, -0.2) is 4.98 Å². The maximum absolute atomic E-state index is 12.5. The summed E-state index contributed by atoms with van der Waals surface area (Å²) in [5.41, 5.74) is -0.839. The molecular weight excluding hydrogens is 327 g/mol. The quantitative estimate of drug-likeness (QED) is 0.646. The molecule has 1 aliphatic heterocycles. The van der Waals surface area contributed by atoms with Crippen molar-refractivity contribution in [2.24, 2.45) is 10.9 Å². The molecule has 2 N–H and O–H groups in total. The summed E-state index contributed by atoms with van der Waals surface area (Å²) < 4.78 is 37.5. The van der Waals surface area contributed by atoms with Crippen molar-refractivity contribution in [1.82, 2.24) is 20.5 Å². The third-order valence-corrected chi connectivity index (χ3v) is 4.72. The molecule has 5 nitrogen and oxygen atoms in total. The molecule has 9 heteroatoms. The van der Waals surface area contributed by atoms with Gasteiger partial charge in [-0.3, -0.25) is 4.99 Å². The Morgan fingerprint density at radius 2 is 2.09 bits per heavy atom. The number of nitrogens with zero attached hydrogens (tertiary/aromatic N) is 3. The molecule has 0 radical (unpaired) electrons. The van der Waals surface area contributed by atoms with Gasteiger partial charge in [0, 0.05) is 19.0 Å². The Bertz CT molecular complexity index is 521. The van der Waals surface area contributed by atoms with Crippen molar-refractivity contribution in [1.29, 1.82) is 0 Å². The van der Waals surface area contributed by atoms with Crippen LogP contribution in [0.25, 0.3) is 0 Å². The van der Waals surface area contributed by atoms with Crippen molar-refractivity contribution < 1.29 is 13.2 Å². The zero-order valence-corrected chi connectivity index (χ0v) is 14.1. The number of rotatable bonds is 4. The second kappa shape index (κ2) is 7.96. The SMILES string of the molecule is CN=C(NCc1nc(C(F)(F)F)cs1)NCC1CCN(C)CC1. The Balaban J connectivity index is 1.76. The summed E-state index contributed by atoms with van der Waals surface area (Å²) in [5, 5.41) is 7.67. The van der Waals surface area contributed by atoms with E-state index in [1.54, 1.807) is 7.05 Å². The normalized spacial score (nSPS) is 18.2. The van der Waals surface area contributed by atoms with E-state index in [-0.39, 0.29) is 6.54 Å². The highest BCUT2D eigenvalue weighted by atomic mass is 32.1. The molecule has 23 heavy (non-hydrogen) atoms. The number of piperidine rings is 1. The second-order valence-corrected chi connectivity index (χ2v) is 6.62. The first-order valence-corrected chi connectivity index (χ1v) is 8.41. The Labute approximate surface area is 138 Å². The van der Waals surface area contributed by atoms with Gasteiger partial charge in [-0.15, -0.1) is 11.3 Å². The molecule has 0 atom stereocenters. The molecular formula is C14H22F3N5S. The number of halogens is 3. The summed E-state index contributed by atoms with van der Waals surface area (Å²) in [6.07, 6.45) is -2.10. The maximum Gasteiger partial charge on any atom is 0.434 e. The van der Waals surface area contributed by atoms with Crippen molar-refractivity contribution in [3.8, 4) is 0 Å². The average Bonchev–Trinajstić information content (AvgIpc) is 2.98. The predicted molar refractivity (Wildman–Crippen MR) is 85.5 cm³/mol. The van der Waals surface area contributed by atoms with Gasteiger partial charge in [0.25, 0.3) is 0 Å². The van der Waals surface area contributed by atoms with Crippen LogP contribution in [-0.2, 0) is 12.7 Å². The van der Waals surface area contributed by atoms with E-state index >= 15 is 0 Å². The van der Waals surface area contributed by atoms with E-state index in [4.69, 9.17) is 0 Å². The monoisotopic (exact) mass is 349 g/mol. The highest BCUT2D eigenvalue weighted by Crippen LogP contribution is 2.29. The predicted octanol–water partition coefficient (Wildman–Crippen LogP) is 2.17. The number of hydrogen-bond donors (Lipinski definition) is 2. The van der Waals surface area contributed by atoms with Gasteiger partial charge in [0.1, 0.15) is 5.01 Å². The number of hydrogen-bond acceptors (Lipinski definition) is 4. The zero-order valence-electron chi connectivity index (χ0n) is 13.3. The van der Waals surface area contributed by atoms with Gasteiger partial charge in [0.2, 0.25) is 0 Å². The minimum absolute atomic E-state index is 0.230. The van der Waals surface area contributed by atoms with Gasteiger partial charge < -0.3 is 15.5 Å². The van der Waals surface area contributed by atoms with E-state index in [9.17, 15) is 13.2 Å². The first-order valence-electron chi connectivity index (χ1n) is 7.53. The second-order valence-electron chi connectivity index (χ2n) is 5.68. The molecule has 1 aromatic heterocycles. The summed E-state index contributed by atoms with van der Waals surface area (Å²) in [6, 6.07) is 0. The number of aromatic nitrogens is 1. The fourth-order valence-corrected chi connectivity index (χ4v) is 3.15. The third kappa shape index (κ3) is 5.65. The number of likely N-dealkylation sites (tertiary alicyclic amines) is 1. The molecule has 0 spiro atoms. The van der Waals surface area contributed by atoms with Crippen molar-refractivity contribution in [3.05, 3.63) is 16.1 Å². The van der Waals surface area contributed by atoms with Crippen LogP contribution in [0.5, 0.6) is 0 Å². The zero-order chi connectivity index (χ0) is 16.9. The van der Waals surface area contributed by atoms with Gasteiger partial charge >= 0.3 is 6.18 Å². The van der Waals surface area contributed by atoms with E-state index < -0.39 is 11.9 Å². The average molecular weight is 349 g/mol. The molecule has 130 valence electrons. The Kier molecular flexibility index (Phi) is 6.23. The Morgan fingerprint density at radius 1 is 1.39 bits per heavy atom. The molecule has 0 aliphatic carbocycles. The summed E-state index contributed by atoms with van der Waals surface area (Å²) in [5.74, 6) is 1.19. The van der Waals surface area contributed by atoms with Crippen LogP contribution in [0.1, 0.15) is 23.5 Å². The fraction of sp³-hybridized carbons (Fsp3) is 0.714. The molecule has 0 amide bonds. The van der Waals surface area contributed by atoms with Crippen LogP contribution in [0.2, 0.25) is 0 Å². The molecule has 1 aliphatic rings. The van der Waals surface area contributed by atoms with E-state index in [0.717, 1.165) is 49.2 Å². The maximum atomic E-state index is 12.5. The highest BCUT2D eigenvalue weighted by Gasteiger charge is 2.33. The van der Waals surface area contributed by atoms with E-state index in [1.165, 1.54) is 0 Å². The minimum atomic E-state index is -4.39. The number of alkyl halides is 3. The van der Waals surface area contributed by atoms with Crippen LogP contribution >= 0.6 is 11.3 Å². The van der Waals surface area contributed by atoms with Gasteiger partial charge in [0.05, 0.1) is 6.54 Å². The molecule has 0 aromatic carbocycles. The lowest BCUT2D eigenvalue weighted by molar-refractivity contribution is -0.140. The van der Waals surface area contributed by atoms with Crippen LogP contribution in [0.4, 0.5) is 13.2 Å². The fourth-order valence-electron chi connectivity index (χ4n) is 2.41. The first-order chi connectivity index (χ1) is 10.9. The molecule has 2 heterocycles. The topological polar surface area (TPSA) is 52.6 Å². The highest BCUT2D eigenvalue weighted by molar-refractivity contribution is 7.09. The first kappa shape index (κ1) is 18.0. The lowest BCUT2D eigenvalue weighted by Crippen LogP contribution is -2.42. The van der Waals surface area contributed by atoms with Gasteiger partial charge in [-0.05, 0) is 38.9 Å². The molecule has 0 saturated carbocycles. The number of thiazole rings is 1. The summed E-state index contributed by atoms with van der Waals surface area (Å²) >= 11 is 0.993. The van der Waals surface area contributed by atoms with Crippen LogP contribution in [0.15, 0.2) is 10.4 Å². The molecule has 2 rings (SSSR count). The molecule has 0 unspecified atom stereocenters. The molecule has 1 aromatic rings. The van der Waals surface area contributed by atoms with Crippen molar-refractivity contribution in [2.45, 2.75) is 25.6 Å². The van der Waals surface area contributed by atoms with Crippen LogP contribution < -0.4 is 10.6 Å². The van der Waals surface area contributed by atoms with E-state index in [2.05, 4.69) is 32.6 Å². The van der Waals surface area contributed by atoms with Crippen molar-refractivity contribution >= 4 is 17.3 Å². The van der Waals surface area contributed by atoms with Crippen LogP contribution in [-0.4, -0.2) is 49.6 Å². The number of nitrogens with one attached hydrogen (secondary N) is 2. The Hall–Kier alpha value is -1.35. The van der Waals surface area contributed by atoms with Crippen molar-refractivity contribution in [3.63, 3.8) is 0 Å².